The fourth-order valence-electron chi connectivity index (χ4n) is 2.38. The molecule has 1 aromatic heterocycles. The number of ether oxygens (including phenoxy) is 1. The van der Waals surface area contributed by atoms with Crippen LogP contribution in [0.4, 0.5) is 0 Å². The number of hydrogen-bond donors (Lipinski definition) is 0. The Morgan fingerprint density at radius 1 is 1.32 bits per heavy atom. The molecule has 2 aromatic rings. The monoisotopic (exact) mass is 314 g/mol. The van der Waals surface area contributed by atoms with E-state index in [1.54, 1.807) is 23.7 Å². The maximum absolute atomic E-state index is 12.0. The molecule has 0 unspecified atom stereocenters. The Kier molecular flexibility index (Phi) is 4.11. The third-order valence-corrected chi connectivity index (χ3v) is 3.60. The van der Waals surface area contributed by atoms with E-state index in [-0.39, 0.29) is 5.92 Å². The highest BCUT2D eigenvalue weighted by molar-refractivity contribution is 6.30. The van der Waals surface area contributed by atoms with Gasteiger partial charge in [-0.15, -0.1) is 0 Å². The fraction of sp³-hybridized carbons (Fsp3) is 0.176. The maximum Gasteiger partial charge on any atom is 0.358 e. The van der Waals surface area contributed by atoms with E-state index in [0.29, 0.717) is 17.3 Å². The molecule has 4 nitrogen and oxygen atoms in total. The summed E-state index contributed by atoms with van der Waals surface area (Å²) in [4.78, 5) is 12.0. The SMILES string of the molecule is CCOC(=O)c1cc(C2C=CC=C2)n(-c2cccc(Cl)c2)n1. The van der Waals surface area contributed by atoms with Crippen molar-refractivity contribution in [2.45, 2.75) is 12.8 Å². The lowest BCUT2D eigenvalue weighted by molar-refractivity contribution is 0.0519. The molecule has 1 aliphatic carbocycles. The molecular formula is C17H15ClN2O2. The standard InChI is InChI=1S/C17H15ClN2O2/c1-2-22-17(21)15-11-16(12-6-3-4-7-12)20(19-15)14-9-5-8-13(18)10-14/h3-12H,2H2,1H3. The van der Waals surface area contributed by atoms with Crippen LogP contribution in [-0.2, 0) is 4.74 Å². The van der Waals surface area contributed by atoms with Crippen molar-refractivity contribution in [3.63, 3.8) is 0 Å². The molecular weight excluding hydrogens is 300 g/mol. The number of nitrogens with zero attached hydrogens (tertiary/aromatic N) is 2. The van der Waals surface area contributed by atoms with Gasteiger partial charge >= 0.3 is 5.97 Å². The number of allylic oxidation sites excluding steroid dienone is 4. The number of halogens is 1. The Morgan fingerprint density at radius 3 is 2.77 bits per heavy atom. The van der Waals surface area contributed by atoms with Gasteiger partial charge in [-0.25, -0.2) is 9.48 Å². The van der Waals surface area contributed by atoms with Crippen LogP contribution >= 0.6 is 11.6 Å². The Hall–Kier alpha value is -2.33. The second kappa shape index (κ2) is 6.20. The number of carbonyl (C=O) groups is 1. The zero-order valence-corrected chi connectivity index (χ0v) is 12.8. The second-order valence-corrected chi connectivity index (χ2v) is 5.30. The average Bonchev–Trinajstić information content (AvgIpc) is 3.17. The third kappa shape index (κ3) is 2.83. The molecule has 0 fully saturated rings. The molecule has 0 atom stereocenters. The summed E-state index contributed by atoms with van der Waals surface area (Å²) in [6.45, 7) is 2.09. The van der Waals surface area contributed by atoms with Gasteiger partial charge in [0.15, 0.2) is 5.69 Å². The predicted octanol–water partition coefficient (Wildman–Crippen LogP) is 3.91. The van der Waals surface area contributed by atoms with Crippen LogP contribution in [0.3, 0.4) is 0 Å². The Morgan fingerprint density at radius 2 is 2.09 bits per heavy atom. The molecule has 5 heteroatoms. The van der Waals surface area contributed by atoms with Crippen LogP contribution < -0.4 is 0 Å². The van der Waals surface area contributed by atoms with Crippen LogP contribution in [0.1, 0.15) is 29.0 Å². The van der Waals surface area contributed by atoms with Crippen LogP contribution in [0.15, 0.2) is 54.6 Å². The van der Waals surface area contributed by atoms with E-state index in [1.807, 2.05) is 42.5 Å². The minimum Gasteiger partial charge on any atom is -0.461 e. The van der Waals surface area contributed by atoms with Crippen molar-refractivity contribution >= 4 is 17.6 Å². The minimum absolute atomic E-state index is 0.0784. The lowest BCUT2D eigenvalue weighted by Crippen LogP contribution is -2.07. The number of benzene rings is 1. The van der Waals surface area contributed by atoms with Gasteiger partial charge < -0.3 is 4.74 Å². The number of aromatic nitrogens is 2. The summed E-state index contributed by atoms with van der Waals surface area (Å²) in [5.74, 6) is -0.342. The first-order valence-electron chi connectivity index (χ1n) is 7.07. The molecule has 0 bridgehead atoms. The van der Waals surface area contributed by atoms with Crippen molar-refractivity contribution in [2.75, 3.05) is 6.61 Å². The normalized spacial score (nSPS) is 13.7. The van der Waals surface area contributed by atoms with E-state index in [9.17, 15) is 4.79 Å². The van der Waals surface area contributed by atoms with Gasteiger partial charge in [0.1, 0.15) is 0 Å². The van der Waals surface area contributed by atoms with Crippen molar-refractivity contribution in [1.29, 1.82) is 0 Å². The third-order valence-electron chi connectivity index (χ3n) is 3.36. The smallest absolute Gasteiger partial charge is 0.358 e. The predicted molar refractivity (Wildman–Crippen MR) is 85.6 cm³/mol. The quantitative estimate of drug-likeness (QED) is 0.804. The topological polar surface area (TPSA) is 44.1 Å². The van der Waals surface area contributed by atoms with Crippen LogP contribution in [0, 0.1) is 0 Å². The van der Waals surface area contributed by atoms with E-state index >= 15 is 0 Å². The van der Waals surface area contributed by atoms with Gasteiger partial charge in [-0.3, -0.25) is 0 Å². The number of carbonyl (C=O) groups excluding carboxylic acids is 1. The first-order valence-corrected chi connectivity index (χ1v) is 7.45. The summed E-state index contributed by atoms with van der Waals surface area (Å²) in [5, 5.41) is 5.02. The number of hydrogen-bond acceptors (Lipinski definition) is 3. The highest BCUT2D eigenvalue weighted by atomic mass is 35.5. The van der Waals surface area contributed by atoms with E-state index < -0.39 is 5.97 Å². The van der Waals surface area contributed by atoms with Crippen molar-refractivity contribution in [1.82, 2.24) is 9.78 Å². The zero-order chi connectivity index (χ0) is 15.5. The summed E-state index contributed by atoms with van der Waals surface area (Å²) < 4.78 is 6.78. The van der Waals surface area contributed by atoms with Crippen molar-refractivity contribution < 1.29 is 9.53 Å². The summed E-state index contributed by atoms with van der Waals surface area (Å²) in [5.41, 5.74) is 2.01. The molecule has 0 radical (unpaired) electrons. The molecule has 0 aliphatic heterocycles. The maximum atomic E-state index is 12.0. The summed E-state index contributed by atoms with van der Waals surface area (Å²) in [6, 6.07) is 9.14. The zero-order valence-electron chi connectivity index (χ0n) is 12.1. The van der Waals surface area contributed by atoms with Crippen LogP contribution in [0.2, 0.25) is 5.02 Å². The molecule has 3 rings (SSSR count). The first-order chi connectivity index (χ1) is 10.7. The Bertz CT molecular complexity index is 750. The fourth-order valence-corrected chi connectivity index (χ4v) is 2.57. The lowest BCUT2D eigenvalue weighted by Gasteiger charge is -2.10. The van der Waals surface area contributed by atoms with Gasteiger partial charge in [0, 0.05) is 10.9 Å². The van der Waals surface area contributed by atoms with Gasteiger partial charge in [0.05, 0.1) is 18.0 Å². The van der Waals surface area contributed by atoms with Crippen LogP contribution in [0.5, 0.6) is 0 Å². The van der Waals surface area contributed by atoms with E-state index in [1.165, 1.54) is 0 Å². The molecule has 0 saturated heterocycles. The number of rotatable bonds is 4. The molecule has 22 heavy (non-hydrogen) atoms. The largest absolute Gasteiger partial charge is 0.461 e. The van der Waals surface area contributed by atoms with Crippen LogP contribution in [-0.4, -0.2) is 22.4 Å². The van der Waals surface area contributed by atoms with Crippen molar-refractivity contribution in [3.8, 4) is 5.69 Å². The summed E-state index contributed by atoms with van der Waals surface area (Å²) in [7, 11) is 0. The van der Waals surface area contributed by atoms with Crippen molar-refractivity contribution in [3.05, 3.63) is 71.0 Å². The van der Waals surface area contributed by atoms with Gasteiger partial charge in [-0.05, 0) is 31.2 Å². The Labute approximate surface area is 133 Å². The van der Waals surface area contributed by atoms with E-state index in [0.717, 1.165) is 11.4 Å². The molecule has 0 N–H and O–H groups in total. The molecule has 1 aliphatic rings. The molecule has 112 valence electrons. The molecule has 1 aromatic carbocycles. The molecule has 0 saturated carbocycles. The van der Waals surface area contributed by atoms with Crippen molar-refractivity contribution in [2.24, 2.45) is 0 Å². The van der Waals surface area contributed by atoms with Gasteiger partial charge in [-0.1, -0.05) is 42.0 Å². The highest BCUT2D eigenvalue weighted by Crippen LogP contribution is 2.27. The number of esters is 1. The minimum atomic E-state index is -0.421. The van der Waals surface area contributed by atoms with E-state index in [2.05, 4.69) is 5.10 Å². The lowest BCUT2D eigenvalue weighted by atomic mass is 10.1. The summed E-state index contributed by atoms with van der Waals surface area (Å²) >= 11 is 6.07. The molecule has 1 heterocycles. The Balaban J connectivity index is 2.08. The second-order valence-electron chi connectivity index (χ2n) is 4.86. The van der Waals surface area contributed by atoms with Gasteiger partial charge in [-0.2, -0.15) is 5.10 Å². The highest BCUT2D eigenvalue weighted by Gasteiger charge is 2.21. The average molecular weight is 315 g/mol. The first kappa shape index (κ1) is 14.6. The molecule has 0 amide bonds. The van der Waals surface area contributed by atoms with E-state index in [4.69, 9.17) is 16.3 Å². The van der Waals surface area contributed by atoms with Crippen LogP contribution in [0.25, 0.3) is 5.69 Å². The van der Waals surface area contributed by atoms with Gasteiger partial charge in [0.25, 0.3) is 0 Å². The summed E-state index contributed by atoms with van der Waals surface area (Å²) in [6.07, 6.45) is 8.05. The van der Waals surface area contributed by atoms with Gasteiger partial charge in [0.2, 0.25) is 0 Å². The molecule has 0 spiro atoms.